The minimum atomic E-state index is 0.175. The number of phenols is 1. The van der Waals surface area contributed by atoms with Crippen molar-refractivity contribution in [2.75, 3.05) is 0 Å². The van der Waals surface area contributed by atoms with E-state index in [1.54, 1.807) is 28.9 Å². The third kappa shape index (κ3) is 2.60. The average molecular weight is 325 g/mol. The molecule has 0 atom stereocenters. The zero-order valence-electron chi connectivity index (χ0n) is 13.9. The van der Waals surface area contributed by atoms with E-state index in [9.17, 15) is 9.90 Å². The summed E-state index contributed by atoms with van der Waals surface area (Å²) < 4.78 is 7.00. The van der Waals surface area contributed by atoms with Gasteiger partial charge in [-0.25, -0.2) is 4.68 Å². The maximum absolute atomic E-state index is 11.8. The molecule has 1 aromatic carbocycles. The molecule has 0 spiro atoms. The van der Waals surface area contributed by atoms with Crippen LogP contribution in [0.4, 0.5) is 0 Å². The van der Waals surface area contributed by atoms with Crippen LogP contribution in [-0.2, 0) is 6.42 Å². The maximum atomic E-state index is 11.8. The van der Waals surface area contributed by atoms with E-state index < -0.39 is 0 Å². The highest BCUT2D eigenvalue weighted by molar-refractivity contribution is 5.89. The molecule has 24 heavy (non-hydrogen) atoms. The molecular weight excluding hydrogens is 306 g/mol. The number of benzene rings is 1. The lowest BCUT2D eigenvalue weighted by Crippen LogP contribution is -2.01. The summed E-state index contributed by atoms with van der Waals surface area (Å²) in [5.74, 6) is 0.813. The molecule has 0 radical (unpaired) electrons. The lowest BCUT2D eigenvalue weighted by atomic mass is 10.0. The van der Waals surface area contributed by atoms with Crippen molar-refractivity contribution in [2.24, 2.45) is 0 Å². The first-order valence-electron chi connectivity index (χ1n) is 7.86. The molecule has 0 aliphatic heterocycles. The monoisotopic (exact) mass is 325 g/mol. The Labute approximate surface area is 139 Å². The lowest BCUT2D eigenvalue weighted by Gasteiger charge is -2.08. The van der Waals surface area contributed by atoms with E-state index in [0.717, 1.165) is 29.7 Å². The fraction of sp³-hybridized carbons (Fsp3) is 0.278. The molecule has 0 bridgehead atoms. The molecule has 0 unspecified atom stereocenters. The Kier molecular flexibility index (Phi) is 4.20. The number of aryl methyl sites for hydroxylation is 3. The first-order valence-corrected chi connectivity index (χ1v) is 7.86. The van der Waals surface area contributed by atoms with Crippen molar-refractivity contribution < 1.29 is 14.4 Å². The highest BCUT2D eigenvalue weighted by atomic mass is 16.5. The summed E-state index contributed by atoms with van der Waals surface area (Å²) in [7, 11) is 0. The zero-order chi connectivity index (χ0) is 17.3. The summed E-state index contributed by atoms with van der Waals surface area (Å²) in [5.41, 5.74) is 4.22. The van der Waals surface area contributed by atoms with Crippen LogP contribution in [0.3, 0.4) is 0 Å². The number of aromatic nitrogens is 3. The van der Waals surface area contributed by atoms with Gasteiger partial charge < -0.3 is 9.63 Å². The highest BCUT2D eigenvalue weighted by Crippen LogP contribution is 2.33. The second-order valence-electron chi connectivity index (χ2n) is 5.70. The van der Waals surface area contributed by atoms with E-state index in [1.807, 2.05) is 20.8 Å². The Hall–Kier alpha value is -2.89. The molecule has 3 rings (SSSR count). The lowest BCUT2D eigenvalue weighted by molar-refractivity contribution is 0.112. The molecule has 1 N–H and O–H groups in total. The first-order chi connectivity index (χ1) is 11.6. The maximum Gasteiger partial charge on any atom is 0.154 e. The van der Waals surface area contributed by atoms with Gasteiger partial charge in [0.15, 0.2) is 6.29 Å². The minimum absolute atomic E-state index is 0.175. The van der Waals surface area contributed by atoms with Gasteiger partial charge in [0.1, 0.15) is 11.5 Å². The summed E-state index contributed by atoms with van der Waals surface area (Å²) >= 11 is 0. The van der Waals surface area contributed by atoms with Crippen LogP contribution in [0, 0.1) is 13.8 Å². The molecule has 0 saturated carbocycles. The van der Waals surface area contributed by atoms with Crippen molar-refractivity contribution in [1.29, 1.82) is 0 Å². The Morgan fingerprint density at radius 3 is 2.50 bits per heavy atom. The summed E-state index contributed by atoms with van der Waals surface area (Å²) in [4.78, 5) is 11.8. The molecule has 124 valence electrons. The van der Waals surface area contributed by atoms with E-state index in [1.165, 1.54) is 0 Å². The van der Waals surface area contributed by atoms with Crippen molar-refractivity contribution in [3.05, 3.63) is 47.0 Å². The van der Waals surface area contributed by atoms with Crippen molar-refractivity contribution in [1.82, 2.24) is 14.9 Å². The van der Waals surface area contributed by atoms with Crippen molar-refractivity contribution in [3.63, 3.8) is 0 Å². The Balaban J connectivity index is 2.32. The van der Waals surface area contributed by atoms with Gasteiger partial charge in [-0.2, -0.15) is 5.10 Å². The van der Waals surface area contributed by atoms with Crippen LogP contribution in [0.15, 0.2) is 28.8 Å². The Morgan fingerprint density at radius 2 is 1.96 bits per heavy atom. The number of phenolic OH excluding ortho intramolecular Hbond substituents is 1. The second-order valence-corrected chi connectivity index (χ2v) is 5.70. The fourth-order valence-electron chi connectivity index (χ4n) is 2.86. The van der Waals surface area contributed by atoms with Crippen molar-refractivity contribution in [2.45, 2.75) is 33.6 Å². The van der Waals surface area contributed by atoms with E-state index in [2.05, 4.69) is 10.3 Å². The number of hydrogen-bond acceptors (Lipinski definition) is 5. The third-order valence-electron chi connectivity index (χ3n) is 3.97. The predicted molar refractivity (Wildman–Crippen MR) is 89.6 cm³/mol. The smallest absolute Gasteiger partial charge is 0.154 e. The van der Waals surface area contributed by atoms with Crippen LogP contribution < -0.4 is 0 Å². The largest absolute Gasteiger partial charge is 0.508 e. The van der Waals surface area contributed by atoms with Gasteiger partial charge in [-0.05, 0) is 44.5 Å². The van der Waals surface area contributed by atoms with E-state index in [4.69, 9.17) is 4.52 Å². The topological polar surface area (TPSA) is 81.2 Å². The summed E-state index contributed by atoms with van der Waals surface area (Å²) in [6.45, 7) is 5.70. The standard InChI is InChI=1S/C18H19N3O3/c1-4-5-16-15(10-22)18(17-11(2)20-24-12(17)3)21(19-16)13-6-8-14(23)9-7-13/h6-10,23H,4-5H2,1-3H3. The molecule has 0 saturated heterocycles. The fourth-order valence-corrected chi connectivity index (χ4v) is 2.86. The second kappa shape index (κ2) is 6.31. The Bertz CT molecular complexity index is 856. The minimum Gasteiger partial charge on any atom is -0.508 e. The first kappa shape index (κ1) is 16.0. The van der Waals surface area contributed by atoms with Gasteiger partial charge in [-0.15, -0.1) is 0 Å². The average Bonchev–Trinajstić information content (AvgIpc) is 3.08. The van der Waals surface area contributed by atoms with Gasteiger partial charge in [0.05, 0.1) is 33.9 Å². The molecular formula is C18H19N3O3. The number of nitrogens with zero attached hydrogens (tertiary/aromatic N) is 3. The van der Waals surface area contributed by atoms with Gasteiger partial charge in [-0.3, -0.25) is 4.79 Å². The number of aromatic hydroxyl groups is 1. The summed E-state index contributed by atoms with van der Waals surface area (Å²) in [6.07, 6.45) is 2.43. The highest BCUT2D eigenvalue weighted by Gasteiger charge is 2.24. The third-order valence-corrected chi connectivity index (χ3v) is 3.97. The van der Waals surface area contributed by atoms with Crippen LogP contribution in [0.2, 0.25) is 0 Å². The molecule has 0 aliphatic rings. The molecule has 0 amide bonds. The molecule has 2 aromatic heterocycles. The van der Waals surface area contributed by atoms with E-state index >= 15 is 0 Å². The molecule has 3 aromatic rings. The SMILES string of the molecule is CCCc1nn(-c2ccc(O)cc2)c(-c2c(C)noc2C)c1C=O. The van der Waals surface area contributed by atoms with Gasteiger partial charge in [0.25, 0.3) is 0 Å². The van der Waals surface area contributed by atoms with Crippen molar-refractivity contribution in [3.8, 4) is 22.7 Å². The van der Waals surface area contributed by atoms with E-state index in [0.29, 0.717) is 29.1 Å². The number of carbonyl (C=O) groups is 1. The van der Waals surface area contributed by atoms with Crippen LogP contribution in [-0.4, -0.2) is 26.3 Å². The predicted octanol–water partition coefficient (Wildman–Crippen LogP) is 3.61. The summed E-state index contributed by atoms with van der Waals surface area (Å²) in [5, 5.41) is 18.2. The van der Waals surface area contributed by atoms with E-state index in [-0.39, 0.29) is 5.75 Å². The molecule has 6 nitrogen and oxygen atoms in total. The van der Waals surface area contributed by atoms with Gasteiger partial charge in [0.2, 0.25) is 0 Å². The van der Waals surface area contributed by atoms with Crippen LogP contribution >= 0.6 is 0 Å². The van der Waals surface area contributed by atoms with Gasteiger partial charge in [0, 0.05) is 0 Å². The zero-order valence-corrected chi connectivity index (χ0v) is 13.9. The number of carbonyl (C=O) groups excluding carboxylic acids is 1. The quantitative estimate of drug-likeness (QED) is 0.725. The van der Waals surface area contributed by atoms with Crippen LogP contribution in [0.1, 0.15) is 40.9 Å². The van der Waals surface area contributed by atoms with Crippen LogP contribution in [0.25, 0.3) is 16.9 Å². The molecule has 0 aliphatic carbocycles. The number of hydrogen-bond donors (Lipinski definition) is 1. The van der Waals surface area contributed by atoms with Crippen LogP contribution in [0.5, 0.6) is 5.75 Å². The normalized spacial score (nSPS) is 11.0. The molecule has 6 heteroatoms. The van der Waals surface area contributed by atoms with Gasteiger partial charge >= 0.3 is 0 Å². The molecule has 0 fully saturated rings. The summed E-state index contributed by atoms with van der Waals surface area (Å²) in [6, 6.07) is 6.70. The Morgan fingerprint density at radius 1 is 1.25 bits per heavy atom. The number of rotatable bonds is 5. The number of aldehydes is 1. The van der Waals surface area contributed by atoms with Gasteiger partial charge in [-0.1, -0.05) is 18.5 Å². The van der Waals surface area contributed by atoms with Crippen molar-refractivity contribution >= 4 is 6.29 Å². The molecule has 2 heterocycles.